The Bertz CT molecular complexity index is 565. The van der Waals surface area contributed by atoms with Crippen molar-refractivity contribution in [3.05, 3.63) is 41.0 Å². The van der Waals surface area contributed by atoms with Crippen molar-refractivity contribution in [3.63, 3.8) is 0 Å². The predicted octanol–water partition coefficient (Wildman–Crippen LogP) is 5.49. The number of fused-ring (bicyclic) bond motifs is 1. The summed E-state index contributed by atoms with van der Waals surface area (Å²) >= 11 is 0. The zero-order valence-electron chi connectivity index (χ0n) is 15.0. The fourth-order valence-electron chi connectivity index (χ4n) is 3.88. The molecular formula is C19H31NSi. The second-order valence-electron chi connectivity index (χ2n) is 8.14. The fraction of sp³-hybridized carbons (Fsp3) is 0.579. The third-order valence-electron chi connectivity index (χ3n) is 5.14. The molecule has 0 radical (unpaired) electrons. The molecule has 2 unspecified atom stereocenters. The molecule has 0 spiro atoms. The number of hydrogen-bond donors (Lipinski definition) is 1. The second-order valence-corrected chi connectivity index (χ2v) is 12.7. The van der Waals surface area contributed by atoms with Crippen molar-refractivity contribution in [3.8, 4) is 0 Å². The molecule has 2 atom stereocenters. The van der Waals surface area contributed by atoms with E-state index in [0.717, 1.165) is 0 Å². The van der Waals surface area contributed by atoms with Gasteiger partial charge in [-0.3, -0.25) is 0 Å². The van der Waals surface area contributed by atoms with E-state index in [2.05, 4.69) is 84.3 Å². The van der Waals surface area contributed by atoms with E-state index in [1.54, 1.807) is 11.1 Å². The van der Waals surface area contributed by atoms with E-state index in [4.69, 9.17) is 0 Å². The zero-order valence-corrected chi connectivity index (χ0v) is 16.0. The van der Waals surface area contributed by atoms with Gasteiger partial charge in [0, 0.05) is 11.1 Å². The van der Waals surface area contributed by atoms with Gasteiger partial charge in [-0.15, -0.1) is 0 Å². The molecule has 0 aromatic heterocycles. The summed E-state index contributed by atoms with van der Waals surface area (Å²) in [4.78, 5) is 4.07. The molecule has 0 amide bonds. The predicted molar refractivity (Wildman–Crippen MR) is 97.1 cm³/mol. The molecule has 2 rings (SSSR count). The minimum Gasteiger partial charge on any atom is -0.332 e. The summed E-state index contributed by atoms with van der Waals surface area (Å²) < 4.78 is 0. The van der Waals surface area contributed by atoms with Crippen LogP contribution in [0.5, 0.6) is 0 Å². The minimum atomic E-state index is -1.69. The topological polar surface area (TPSA) is 12.0 Å². The molecule has 0 heterocycles. The molecule has 0 fully saturated rings. The van der Waals surface area contributed by atoms with Gasteiger partial charge in [-0.1, -0.05) is 50.2 Å². The molecule has 0 saturated heterocycles. The number of benzene rings is 1. The van der Waals surface area contributed by atoms with E-state index >= 15 is 0 Å². The van der Waals surface area contributed by atoms with Gasteiger partial charge in [-0.2, -0.15) is 0 Å². The van der Waals surface area contributed by atoms with Gasteiger partial charge in [0.2, 0.25) is 0 Å². The maximum Gasteiger partial charge on any atom is 0.137 e. The summed E-state index contributed by atoms with van der Waals surface area (Å²) in [6.07, 6.45) is 0. The largest absolute Gasteiger partial charge is 0.332 e. The molecule has 116 valence electrons. The van der Waals surface area contributed by atoms with E-state index in [0.29, 0.717) is 11.1 Å². The van der Waals surface area contributed by atoms with Crippen molar-refractivity contribution in [2.24, 2.45) is 0 Å². The first-order valence-electron chi connectivity index (χ1n) is 8.14. The van der Waals surface area contributed by atoms with Crippen LogP contribution >= 0.6 is 0 Å². The molecule has 1 aliphatic rings. The van der Waals surface area contributed by atoms with Crippen molar-refractivity contribution in [2.75, 3.05) is 0 Å². The Morgan fingerprint density at radius 3 is 2.19 bits per heavy atom. The number of allylic oxidation sites excluding steroid dienone is 2. The lowest BCUT2D eigenvalue weighted by atomic mass is 10.1. The Morgan fingerprint density at radius 1 is 1.10 bits per heavy atom. The van der Waals surface area contributed by atoms with Gasteiger partial charge in [0.1, 0.15) is 8.24 Å². The van der Waals surface area contributed by atoms with E-state index in [9.17, 15) is 0 Å². The fourth-order valence-corrected chi connectivity index (χ4v) is 8.61. The maximum atomic E-state index is 4.07. The van der Waals surface area contributed by atoms with E-state index in [1.165, 1.54) is 11.1 Å². The van der Waals surface area contributed by atoms with Crippen LogP contribution in [-0.2, 0) is 0 Å². The van der Waals surface area contributed by atoms with E-state index in [-0.39, 0.29) is 5.54 Å². The lowest BCUT2D eigenvalue weighted by molar-refractivity contribution is 0.500. The Labute approximate surface area is 131 Å². The summed E-state index contributed by atoms with van der Waals surface area (Å²) in [5.74, 6) is 0. The van der Waals surface area contributed by atoms with Crippen LogP contribution < -0.4 is 4.98 Å². The first-order chi connectivity index (χ1) is 9.58. The SMILES string of the molecule is CC1=C(C)C([Si](C)(NC(C)(C)C)C(C)C)c2ccccc21. The zero-order chi connectivity index (χ0) is 16.0. The van der Waals surface area contributed by atoms with Gasteiger partial charge in [0.25, 0.3) is 0 Å². The summed E-state index contributed by atoms with van der Waals surface area (Å²) in [6, 6.07) is 9.01. The first kappa shape index (κ1) is 16.5. The van der Waals surface area contributed by atoms with Gasteiger partial charge < -0.3 is 4.98 Å². The molecule has 0 bridgehead atoms. The summed E-state index contributed by atoms with van der Waals surface area (Å²) in [7, 11) is -1.69. The van der Waals surface area contributed by atoms with Crippen LogP contribution in [0, 0.1) is 0 Å². The molecule has 0 aliphatic heterocycles. The van der Waals surface area contributed by atoms with Crippen LogP contribution in [0.15, 0.2) is 29.8 Å². The third kappa shape index (κ3) is 2.88. The lowest BCUT2D eigenvalue weighted by Crippen LogP contribution is -2.61. The van der Waals surface area contributed by atoms with Gasteiger partial charge in [0.15, 0.2) is 0 Å². The third-order valence-corrected chi connectivity index (χ3v) is 10.8. The van der Waals surface area contributed by atoms with Crippen molar-refractivity contribution >= 4 is 13.8 Å². The van der Waals surface area contributed by atoms with E-state index in [1.807, 2.05) is 0 Å². The molecule has 1 aliphatic carbocycles. The highest BCUT2D eigenvalue weighted by molar-refractivity contribution is 6.80. The summed E-state index contributed by atoms with van der Waals surface area (Å²) in [6.45, 7) is 18.9. The molecule has 1 aromatic rings. The van der Waals surface area contributed by atoms with Gasteiger partial charge in [-0.25, -0.2) is 0 Å². The quantitative estimate of drug-likeness (QED) is 0.728. The Morgan fingerprint density at radius 2 is 1.67 bits per heavy atom. The summed E-state index contributed by atoms with van der Waals surface area (Å²) in [5, 5.41) is 0. The van der Waals surface area contributed by atoms with Gasteiger partial charge in [0.05, 0.1) is 0 Å². The Balaban J connectivity index is 2.57. The average Bonchev–Trinajstić information content (AvgIpc) is 2.60. The molecule has 1 nitrogen and oxygen atoms in total. The second kappa shape index (κ2) is 5.40. The molecular weight excluding hydrogens is 270 g/mol. The van der Waals surface area contributed by atoms with Crippen LogP contribution in [-0.4, -0.2) is 13.8 Å². The normalized spacial score (nSPS) is 21.7. The van der Waals surface area contributed by atoms with Crippen molar-refractivity contribution in [2.45, 2.75) is 71.6 Å². The standard InChI is InChI=1S/C19H31NSi/c1-13(2)21(8,20-19(5,6)7)18-15(4)14(3)16-11-9-10-12-17(16)18/h9-13,18,20H,1-8H3. The Hall–Kier alpha value is -0.863. The number of nitrogens with one attached hydrogen (secondary N) is 1. The maximum absolute atomic E-state index is 4.07. The van der Waals surface area contributed by atoms with Crippen molar-refractivity contribution < 1.29 is 0 Å². The highest BCUT2D eigenvalue weighted by Gasteiger charge is 2.46. The first-order valence-corrected chi connectivity index (χ1v) is 10.8. The number of rotatable bonds is 3. The van der Waals surface area contributed by atoms with Crippen LogP contribution in [0.3, 0.4) is 0 Å². The minimum absolute atomic E-state index is 0.164. The summed E-state index contributed by atoms with van der Waals surface area (Å²) in [5.41, 5.74) is 7.53. The van der Waals surface area contributed by atoms with Crippen LogP contribution in [0.25, 0.3) is 5.57 Å². The average molecular weight is 302 g/mol. The molecule has 1 N–H and O–H groups in total. The van der Waals surface area contributed by atoms with E-state index < -0.39 is 8.24 Å². The van der Waals surface area contributed by atoms with Crippen LogP contribution in [0.2, 0.25) is 12.1 Å². The van der Waals surface area contributed by atoms with Gasteiger partial charge in [-0.05, 0) is 56.9 Å². The smallest absolute Gasteiger partial charge is 0.137 e. The van der Waals surface area contributed by atoms with Crippen molar-refractivity contribution in [1.82, 2.24) is 4.98 Å². The Kier molecular flexibility index (Phi) is 4.25. The molecule has 0 saturated carbocycles. The molecule has 21 heavy (non-hydrogen) atoms. The van der Waals surface area contributed by atoms with Crippen LogP contribution in [0.4, 0.5) is 0 Å². The highest BCUT2D eigenvalue weighted by Crippen LogP contribution is 2.48. The highest BCUT2D eigenvalue weighted by atomic mass is 28.3. The van der Waals surface area contributed by atoms with Crippen LogP contribution in [0.1, 0.15) is 65.1 Å². The molecule has 1 aromatic carbocycles. The number of hydrogen-bond acceptors (Lipinski definition) is 1. The molecule has 2 heteroatoms. The van der Waals surface area contributed by atoms with Gasteiger partial charge >= 0.3 is 0 Å². The van der Waals surface area contributed by atoms with Crippen molar-refractivity contribution in [1.29, 1.82) is 0 Å². The monoisotopic (exact) mass is 301 g/mol. The lowest BCUT2D eigenvalue weighted by Gasteiger charge is -2.44.